The number of piperidine rings is 1. The summed E-state index contributed by atoms with van der Waals surface area (Å²) in [5.74, 6) is 0.715. The summed E-state index contributed by atoms with van der Waals surface area (Å²) in [4.78, 5) is 2.60. The van der Waals surface area contributed by atoms with E-state index in [1.54, 1.807) is 0 Å². The van der Waals surface area contributed by atoms with E-state index in [-0.39, 0.29) is 0 Å². The summed E-state index contributed by atoms with van der Waals surface area (Å²) in [7, 11) is 0. The van der Waals surface area contributed by atoms with Crippen molar-refractivity contribution in [3.63, 3.8) is 0 Å². The quantitative estimate of drug-likeness (QED) is 0.694. The predicted octanol–water partition coefficient (Wildman–Crippen LogP) is 4.34. The molecule has 1 fully saturated rings. The van der Waals surface area contributed by atoms with Crippen LogP contribution in [0.25, 0.3) is 0 Å². The van der Waals surface area contributed by atoms with Crippen LogP contribution in [0.2, 0.25) is 5.02 Å². The fraction of sp³-hybridized carbons (Fsp3) is 0.647. The summed E-state index contributed by atoms with van der Waals surface area (Å²) < 4.78 is 5.38. The molecule has 0 spiro atoms. The zero-order chi connectivity index (χ0) is 14.2. The highest BCUT2D eigenvalue weighted by Gasteiger charge is 2.19. The van der Waals surface area contributed by atoms with Gasteiger partial charge in [-0.1, -0.05) is 23.7 Å². The largest absolute Gasteiger partial charge is 0.382 e. The van der Waals surface area contributed by atoms with Gasteiger partial charge in [0.1, 0.15) is 0 Å². The monoisotopic (exact) mass is 295 g/mol. The van der Waals surface area contributed by atoms with Gasteiger partial charge in [0.05, 0.1) is 0 Å². The summed E-state index contributed by atoms with van der Waals surface area (Å²) >= 11 is 5.95. The third-order valence-corrected chi connectivity index (χ3v) is 4.40. The molecule has 0 aliphatic carbocycles. The van der Waals surface area contributed by atoms with E-state index in [2.05, 4.69) is 24.0 Å². The Morgan fingerprint density at radius 2 is 1.85 bits per heavy atom. The molecule has 3 heteroatoms. The molecule has 0 atom stereocenters. The van der Waals surface area contributed by atoms with E-state index in [9.17, 15) is 0 Å². The molecule has 0 N–H and O–H groups in total. The van der Waals surface area contributed by atoms with E-state index in [1.165, 1.54) is 50.9 Å². The van der Waals surface area contributed by atoms with Crippen molar-refractivity contribution in [3.05, 3.63) is 34.9 Å². The minimum Gasteiger partial charge on any atom is -0.382 e. The molecule has 20 heavy (non-hydrogen) atoms. The number of ether oxygens (including phenoxy) is 1. The molecule has 1 saturated heterocycles. The van der Waals surface area contributed by atoms with Crippen molar-refractivity contribution in [2.24, 2.45) is 0 Å². The summed E-state index contributed by atoms with van der Waals surface area (Å²) in [6, 6.07) is 8.39. The van der Waals surface area contributed by atoms with E-state index in [0.717, 1.165) is 18.2 Å². The van der Waals surface area contributed by atoms with Crippen LogP contribution in [0.4, 0.5) is 0 Å². The standard InChI is InChI=1S/C17H26ClNO/c1-2-20-14-4-3-11-19-12-9-16(10-13-19)15-5-7-17(18)8-6-15/h5-8,16H,2-4,9-14H2,1H3. The van der Waals surface area contributed by atoms with E-state index in [0.29, 0.717) is 5.92 Å². The fourth-order valence-corrected chi connectivity index (χ4v) is 3.03. The first-order valence-corrected chi connectivity index (χ1v) is 8.23. The Labute approximate surface area is 128 Å². The first-order chi connectivity index (χ1) is 9.79. The lowest BCUT2D eigenvalue weighted by Crippen LogP contribution is -2.33. The highest BCUT2D eigenvalue weighted by Crippen LogP contribution is 2.28. The number of hydrogen-bond acceptors (Lipinski definition) is 2. The minimum absolute atomic E-state index is 0.715. The van der Waals surface area contributed by atoms with Crippen molar-refractivity contribution in [1.29, 1.82) is 0 Å². The number of rotatable bonds is 7. The van der Waals surface area contributed by atoms with Crippen LogP contribution >= 0.6 is 11.6 Å². The Hall–Kier alpha value is -0.570. The number of nitrogens with zero attached hydrogens (tertiary/aromatic N) is 1. The third kappa shape index (κ3) is 5.08. The van der Waals surface area contributed by atoms with Crippen LogP contribution in [0.3, 0.4) is 0 Å². The predicted molar refractivity (Wildman–Crippen MR) is 85.6 cm³/mol. The molecule has 1 aromatic carbocycles. The second-order valence-corrected chi connectivity index (χ2v) is 6.01. The van der Waals surface area contributed by atoms with Crippen LogP contribution < -0.4 is 0 Å². The van der Waals surface area contributed by atoms with Crippen molar-refractivity contribution >= 4 is 11.6 Å². The Morgan fingerprint density at radius 1 is 1.15 bits per heavy atom. The molecule has 1 heterocycles. The van der Waals surface area contributed by atoms with E-state index in [4.69, 9.17) is 16.3 Å². The van der Waals surface area contributed by atoms with Crippen LogP contribution in [0.5, 0.6) is 0 Å². The summed E-state index contributed by atoms with van der Waals surface area (Å²) in [6.07, 6.45) is 4.98. The molecule has 0 unspecified atom stereocenters. The minimum atomic E-state index is 0.715. The lowest BCUT2D eigenvalue weighted by Gasteiger charge is -2.32. The Bertz CT molecular complexity index is 371. The van der Waals surface area contributed by atoms with Gasteiger partial charge in [-0.25, -0.2) is 0 Å². The van der Waals surface area contributed by atoms with Gasteiger partial charge in [-0.05, 0) is 75.9 Å². The molecule has 0 aromatic heterocycles. The van der Waals surface area contributed by atoms with Crippen molar-refractivity contribution in [2.45, 2.75) is 38.5 Å². The van der Waals surface area contributed by atoms with Gasteiger partial charge < -0.3 is 9.64 Å². The number of unbranched alkanes of at least 4 members (excludes halogenated alkanes) is 1. The fourth-order valence-electron chi connectivity index (χ4n) is 2.91. The second-order valence-electron chi connectivity index (χ2n) is 5.57. The normalized spacial score (nSPS) is 17.5. The summed E-state index contributed by atoms with van der Waals surface area (Å²) in [5.41, 5.74) is 1.45. The maximum Gasteiger partial charge on any atom is 0.0466 e. The molecule has 1 aliphatic heterocycles. The third-order valence-electron chi connectivity index (χ3n) is 4.15. The Morgan fingerprint density at radius 3 is 2.50 bits per heavy atom. The molecule has 0 saturated carbocycles. The number of benzene rings is 1. The molecule has 0 radical (unpaired) electrons. The van der Waals surface area contributed by atoms with Crippen LogP contribution in [-0.2, 0) is 4.74 Å². The van der Waals surface area contributed by atoms with Gasteiger partial charge in [0, 0.05) is 18.2 Å². The van der Waals surface area contributed by atoms with Crippen molar-refractivity contribution in [1.82, 2.24) is 4.90 Å². The highest BCUT2D eigenvalue weighted by atomic mass is 35.5. The average Bonchev–Trinajstić information content (AvgIpc) is 2.49. The number of likely N-dealkylation sites (tertiary alicyclic amines) is 1. The SMILES string of the molecule is CCOCCCCN1CCC(c2ccc(Cl)cc2)CC1. The van der Waals surface area contributed by atoms with Crippen molar-refractivity contribution in [3.8, 4) is 0 Å². The van der Waals surface area contributed by atoms with Gasteiger partial charge in [-0.3, -0.25) is 0 Å². The van der Waals surface area contributed by atoms with Gasteiger partial charge in [-0.15, -0.1) is 0 Å². The van der Waals surface area contributed by atoms with Gasteiger partial charge in [0.25, 0.3) is 0 Å². The average molecular weight is 296 g/mol. The Balaban J connectivity index is 1.66. The molecule has 0 amide bonds. The van der Waals surface area contributed by atoms with Crippen molar-refractivity contribution < 1.29 is 4.74 Å². The summed E-state index contributed by atoms with van der Waals surface area (Å²) in [6.45, 7) is 7.48. The lowest BCUT2D eigenvalue weighted by molar-refractivity contribution is 0.136. The van der Waals surface area contributed by atoms with Gasteiger partial charge in [0.15, 0.2) is 0 Å². The molecule has 1 aromatic rings. The zero-order valence-electron chi connectivity index (χ0n) is 12.5. The Kier molecular flexibility index (Phi) is 6.85. The molecule has 1 aliphatic rings. The van der Waals surface area contributed by atoms with E-state index < -0.39 is 0 Å². The summed E-state index contributed by atoms with van der Waals surface area (Å²) in [5, 5.41) is 0.834. The van der Waals surface area contributed by atoms with Gasteiger partial charge >= 0.3 is 0 Å². The maximum atomic E-state index is 5.95. The van der Waals surface area contributed by atoms with Gasteiger partial charge in [0.2, 0.25) is 0 Å². The number of halogens is 1. The van der Waals surface area contributed by atoms with Crippen molar-refractivity contribution in [2.75, 3.05) is 32.8 Å². The van der Waals surface area contributed by atoms with Gasteiger partial charge in [-0.2, -0.15) is 0 Å². The molecular weight excluding hydrogens is 270 g/mol. The lowest BCUT2D eigenvalue weighted by atomic mass is 9.89. The smallest absolute Gasteiger partial charge is 0.0466 e. The van der Waals surface area contributed by atoms with E-state index in [1.807, 2.05) is 12.1 Å². The van der Waals surface area contributed by atoms with Crippen LogP contribution in [-0.4, -0.2) is 37.7 Å². The molecular formula is C17H26ClNO. The second kappa shape index (κ2) is 8.66. The van der Waals surface area contributed by atoms with E-state index >= 15 is 0 Å². The molecule has 0 bridgehead atoms. The van der Waals surface area contributed by atoms with Crippen LogP contribution in [0.1, 0.15) is 44.1 Å². The topological polar surface area (TPSA) is 12.5 Å². The highest BCUT2D eigenvalue weighted by molar-refractivity contribution is 6.30. The zero-order valence-corrected chi connectivity index (χ0v) is 13.2. The van der Waals surface area contributed by atoms with Crippen LogP contribution in [0, 0.1) is 0 Å². The first kappa shape index (κ1) is 15.8. The number of hydrogen-bond donors (Lipinski definition) is 0. The molecule has 2 rings (SSSR count). The first-order valence-electron chi connectivity index (χ1n) is 7.85. The van der Waals surface area contributed by atoms with Crippen LogP contribution in [0.15, 0.2) is 24.3 Å². The molecule has 2 nitrogen and oxygen atoms in total. The maximum absolute atomic E-state index is 5.95. The molecule has 112 valence electrons.